The van der Waals surface area contributed by atoms with E-state index in [0.29, 0.717) is 0 Å². The van der Waals surface area contributed by atoms with Crippen molar-refractivity contribution in [2.45, 2.75) is 46.6 Å². The second kappa shape index (κ2) is 8.50. The Morgan fingerprint density at radius 1 is 1.16 bits per heavy atom. The number of nitrogens with one attached hydrogen (secondary N) is 1. The largest absolute Gasteiger partial charge is 0.480 e. The molecular formula is C13H23NO5. The second-order valence-electron chi connectivity index (χ2n) is 4.97. The molecule has 0 aromatic rings. The highest BCUT2D eigenvalue weighted by molar-refractivity contribution is 5.84. The number of hydrogen-bond acceptors (Lipinski definition) is 4. The van der Waals surface area contributed by atoms with Gasteiger partial charge in [0, 0.05) is 6.42 Å². The zero-order valence-electron chi connectivity index (χ0n) is 11.9. The summed E-state index contributed by atoms with van der Waals surface area (Å²) in [5.74, 6) is -2.30. The van der Waals surface area contributed by atoms with E-state index in [1.807, 2.05) is 13.8 Å². The summed E-state index contributed by atoms with van der Waals surface area (Å²) in [6, 6.07) is -1.07. The van der Waals surface area contributed by atoms with Gasteiger partial charge in [0.2, 0.25) is 5.91 Å². The molecule has 2 N–H and O–H groups in total. The summed E-state index contributed by atoms with van der Waals surface area (Å²) < 4.78 is 4.77. The quantitative estimate of drug-likeness (QED) is 0.648. The zero-order valence-corrected chi connectivity index (χ0v) is 11.9. The molecule has 0 rings (SSSR count). The van der Waals surface area contributed by atoms with Crippen LogP contribution in [0.3, 0.4) is 0 Å². The van der Waals surface area contributed by atoms with Crippen molar-refractivity contribution in [1.82, 2.24) is 5.32 Å². The Kier molecular flexibility index (Phi) is 7.79. The van der Waals surface area contributed by atoms with Crippen LogP contribution < -0.4 is 5.32 Å². The normalized spacial score (nSPS) is 13.7. The van der Waals surface area contributed by atoms with E-state index in [1.54, 1.807) is 13.8 Å². The van der Waals surface area contributed by atoms with Gasteiger partial charge >= 0.3 is 11.9 Å². The average molecular weight is 273 g/mol. The number of carbonyl (C=O) groups is 3. The summed E-state index contributed by atoms with van der Waals surface area (Å²) in [4.78, 5) is 34.0. The van der Waals surface area contributed by atoms with E-state index in [2.05, 4.69) is 5.32 Å². The van der Waals surface area contributed by atoms with Crippen LogP contribution in [-0.2, 0) is 19.1 Å². The predicted molar refractivity (Wildman–Crippen MR) is 69.4 cm³/mol. The third kappa shape index (κ3) is 7.43. The molecule has 0 saturated heterocycles. The van der Waals surface area contributed by atoms with Gasteiger partial charge < -0.3 is 15.2 Å². The van der Waals surface area contributed by atoms with Gasteiger partial charge in [-0.1, -0.05) is 20.8 Å². The van der Waals surface area contributed by atoms with Crippen LogP contribution in [0.5, 0.6) is 0 Å². The Labute approximate surface area is 113 Å². The lowest BCUT2D eigenvalue weighted by molar-refractivity contribution is -0.147. The Hall–Kier alpha value is -1.59. The molecule has 0 aromatic carbocycles. The number of rotatable bonds is 8. The molecule has 1 amide bonds. The first-order chi connectivity index (χ1) is 8.77. The molecule has 0 unspecified atom stereocenters. The summed E-state index contributed by atoms with van der Waals surface area (Å²) in [5, 5.41) is 11.6. The molecule has 0 fully saturated rings. The summed E-state index contributed by atoms with van der Waals surface area (Å²) in [6.45, 7) is 7.28. The highest BCUT2D eigenvalue weighted by Gasteiger charge is 2.28. The number of carboxylic acids is 1. The minimum Gasteiger partial charge on any atom is -0.480 e. The van der Waals surface area contributed by atoms with Crippen LogP contribution in [0.1, 0.15) is 40.5 Å². The molecule has 0 heterocycles. The molecule has 0 aliphatic heterocycles. The van der Waals surface area contributed by atoms with Gasteiger partial charge in [-0.15, -0.1) is 0 Å². The molecule has 2 atom stereocenters. The van der Waals surface area contributed by atoms with Crippen LogP contribution in [0, 0.1) is 11.8 Å². The van der Waals surface area contributed by atoms with E-state index >= 15 is 0 Å². The Balaban J connectivity index is 4.51. The van der Waals surface area contributed by atoms with Crippen LogP contribution in [0.25, 0.3) is 0 Å². The first-order valence-corrected chi connectivity index (χ1v) is 6.45. The molecule has 0 bridgehead atoms. The third-order valence-corrected chi connectivity index (χ3v) is 2.54. The standard InChI is InChI=1S/C13H23NO5/c1-5-19-11(16)7-9(4)12(13(17)18)14-10(15)6-8(2)3/h8-9,12H,5-7H2,1-4H3,(H,14,15)(H,17,18)/t9-,12-/m0/s1. The number of hydrogen-bond donors (Lipinski definition) is 2. The van der Waals surface area contributed by atoms with Crippen LogP contribution in [0.15, 0.2) is 0 Å². The molecule has 6 nitrogen and oxygen atoms in total. The maximum Gasteiger partial charge on any atom is 0.326 e. The van der Waals surface area contributed by atoms with Crippen LogP contribution in [-0.4, -0.2) is 35.6 Å². The van der Waals surface area contributed by atoms with E-state index in [9.17, 15) is 14.4 Å². The van der Waals surface area contributed by atoms with E-state index in [4.69, 9.17) is 9.84 Å². The average Bonchev–Trinajstić information content (AvgIpc) is 2.24. The van der Waals surface area contributed by atoms with Crippen molar-refractivity contribution in [2.75, 3.05) is 6.61 Å². The third-order valence-electron chi connectivity index (χ3n) is 2.54. The molecule has 6 heteroatoms. The first kappa shape index (κ1) is 17.4. The number of aliphatic carboxylic acids is 1. The summed E-state index contributed by atoms with van der Waals surface area (Å²) in [7, 11) is 0. The topological polar surface area (TPSA) is 92.7 Å². The summed E-state index contributed by atoms with van der Waals surface area (Å²) >= 11 is 0. The highest BCUT2D eigenvalue weighted by atomic mass is 16.5. The lowest BCUT2D eigenvalue weighted by Gasteiger charge is -2.21. The van der Waals surface area contributed by atoms with Gasteiger partial charge in [-0.05, 0) is 18.8 Å². The Morgan fingerprint density at radius 3 is 2.16 bits per heavy atom. The number of amides is 1. The van der Waals surface area contributed by atoms with E-state index < -0.39 is 23.9 Å². The number of carbonyl (C=O) groups excluding carboxylic acids is 2. The van der Waals surface area contributed by atoms with Crippen LogP contribution >= 0.6 is 0 Å². The van der Waals surface area contributed by atoms with Gasteiger partial charge in [0.05, 0.1) is 13.0 Å². The van der Waals surface area contributed by atoms with Gasteiger partial charge in [0.25, 0.3) is 0 Å². The lowest BCUT2D eigenvalue weighted by Crippen LogP contribution is -2.46. The second-order valence-corrected chi connectivity index (χ2v) is 4.97. The molecule has 0 radical (unpaired) electrons. The summed E-state index contributed by atoms with van der Waals surface area (Å²) in [6.07, 6.45) is 0.225. The Morgan fingerprint density at radius 2 is 1.74 bits per heavy atom. The van der Waals surface area contributed by atoms with Crippen molar-refractivity contribution in [2.24, 2.45) is 11.8 Å². The molecule has 0 aromatic heterocycles. The minimum atomic E-state index is -1.14. The van der Waals surface area contributed by atoms with Crippen LogP contribution in [0.4, 0.5) is 0 Å². The van der Waals surface area contributed by atoms with Crippen molar-refractivity contribution in [3.63, 3.8) is 0 Å². The molecule has 0 saturated carbocycles. The van der Waals surface area contributed by atoms with Crippen molar-refractivity contribution >= 4 is 17.8 Å². The predicted octanol–water partition coefficient (Wildman–Crippen LogP) is 1.19. The van der Waals surface area contributed by atoms with Crippen molar-refractivity contribution in [3.05, 3.63) is 0 Å². The van der Waals surface area contributed by atoms with Crippen molar-refractivity contribution in [1.29, 1.82) is 0 Å². The fraction of sp³-hybridized carbons (Fsp3) is 0.769. The Bertz CT molecular complexity index is 327. The number of esters is 1. The molecule has 110 valence electrons. The fourth-order valence-corrected chi connectivity index (χ4v) is 1.65. The van der Waals surface area contributed by atoms with Gasteiger partial charge in [-0.25, -0.2) is 4.79 Å². The molecule has 0 aliphatic carbocycles. The summed E-state index contributed by atoms with van der Waals surface area (Å²) in [5.41, 5.74) is 0. The van der Waals surface area contributed by atoms with Gasteiger partial charge in [-0.3, -0.25) is 9.59 Å². The minimum absolute atomic E-state index is 0.0350. The molecule has 0 aliphatic rings. The number of carboxylic acid groups (broad SMARTS) is 1. The van der Waals surface area contributed by atoms with E-state index in [0.717, 1.165) is 0 Å². The molecular weight excluding hydrogens is 250 g/mol. The van der Waals surface area contributed by atoms with Crippen LogP contribution in [0.2, 0.25) is 0 Å². The first-order valence-electron chi connectivity index (χ1n) is 6.45. The monoisotopic (exact) mass is 273 g/mol. The maximum atomic E-state index is 11.6. The SMILES string of the molecule is CCOC(=O)C[C@H](C)[C@H](NC(=O)CC(C)C)C(=O)O. The molecule has 19 heavy (non-hydrogen) atoms. The van der Waals surface area contributed by atoms with E-state index in [1.165, 1.54) is 0 Å². The van der Waals surface area contributed by atoms with Gasteiger partial charge in [0.1, 0.15) is 6.04 Å². The zero-order chi connectivity index (χ0) is 15.0. The maximum absolute atomic E-state index is 11.6. The lowest BCUT2D eigenvalue weighted by atomic mass is 9.97. The van der Waals surface area contributed by atoms with Gasteiger partial charge in [0.15, 0.2) is 0 Å². The highest BCUT2D eigenvalue weighted by Crippen LogP contribution is 2.11. The smallest absolute Gasteiger partial charge is 0.326 e. The van der Waals surface area contributed by atoms with Crippen molar-refractivity contribution in [3.8, 4) is 0 Å². The van der Waals surface area contributed by atoms with Crippen molar-refractivity contribution < 1.29 is 24.2 Å². The molecule has 0 spiro atoms. The number of ether oxygens (including phenoxy) is 1. The van der Waals surface area contributed by atoms with E-state index in [-0.39, 0.29) is 31.3 Å². The fourth-order valence-electron chi connectivity index (χ4n) is 1.65. The van der Waals surface area contributed by atoms with Gasteiger partial charge in [-0.2, -0.15) is 0 Å².